The number of carbonyl (C=O) groups is 2. The lowest BCUT2D eigenvalue weighted by molar-refractivity contribution is -0.130. The summed E-state index contributed by atoms with van der Waals surface area (Å²) in [6, 6.07) is 8.47. The molecule has 2 amide bonds. The fourth-order valence-electron chi connectivity index (χ4n) is 5.34. The first-order valence-corrected chi connectivity index (χ1v) is 14.8. The summed E-state index contributed by atoms with van der Waals surface area (Å²) in [7, 11) is 3.96. The lowest BCUT2D eigenvalue weighted by atomic mass is 10.0. The van der Waals surface area contributed by atoms with Crippen molar-refractivity contribution in [1.29, 1.82) is 0 Å². The number of benzene rings is 1. The minimum absolute atomic E-state index is 0.0649. The molecule has 9 nitrogen and oxygen atoms in total. The number of anilines is 1. The van der Waals surface area contributed by atoms with Crippen molar-refractivity contribution >= 4 is 17.6 Å². The molecule has 1 unspecified atom stereocenters. The molecular formula is C31H46N6O3. The van der Waals surface area contributed by atoms with E-state index in [1.165, 1.54) is 0 Å². The summed E-state index contributed by atoms with van der Waals surface area (Å²) in [6.45, 7) is 9.98. The highest BCUT2D eigenvalue weighted by Gasteiger charge is 2.29. The Kier molecular flexibility index (Phi) is 10.4. The molecule has 2 aliphatic heterocycles. The molecule has 0 spiro atoms. The fourth-order valence-corrected chi connectivity index (χ4v) is 5.34. The first kappa shape index (κ1) is 29.8. The quantitative estimate of drug-likeness (QED) is 0.587. The molecule has 1 saturated heterocycles. The van der Waals surface area contributed by atoms with Gasteiger partial charge in [0.1, 0.15) is 17.4 Å². The number of fused-ring (bicyclic) bond motifs is 1. The van der Waals surface area contributed by atoms with Crippen LogP contribution in [0.1, 0.15) is 74.5 Å². The van der Waals surface area contributed by atoms with Gasteiger partial charge < -0.3 is 19.9 Å². The van der Waals surface area contributed by atoms with E-state index >= 15 is 0 Å². The van der Waals surface area contributed by atoms with Crippen molar-refractivity contribution in [1.82, 2.24) is 25.1 Å². The molecule has 40 heavy (non-hydrogen) atoms. The number of hydrogen-bond acceptors (Lipinski definition) is 7. The first-order chi connectivity index (χ1) is 19.2. The number of amides is 2. The predicted molar refractivity (Wildman–Crippen MR) is 158 cm³/mol. The van der Waals surface area contributed by atoms with Crippen LogP contribution in [0.2, 0.25) is 0 Å². The Hall–Kier alpha value is -3.20. The minimum Gasteiger partial charge on any atom is -0.493 e. The van der Waals surface area contributed by atoms with Crippen molar-refractivity contribution in [3.8, 4) is 5.75 Å². The van der Waals surface area contributed by atoms with E-state index in [1.807, 2.05) is 43.0 Å². The Morgan fingerprint density at radius 2 is 1.98 bits per heavy atom. The highest BCUT2D eigenvalue weighted by molar-refractivity contribution is 5.78. The van der Waals surface area contributed by atoms with Gasteiger partial charge in [0, 0.05) is 76.0 Å². The Bertz CT molecular complexity index is 1170. The van der Waals surface area contributed by atoms with Crippen LogP contribution in [0, 0.1) is 6.92 Å². The van der Waals surface area contributed by atoms with Gasteiger partial charge in [0.2, 0.25) is 11.8 Å². The Labute approximate surface area is 239 Å². The highest BCUT2D eigenvalue weighted by Crippen LogP contribution is 2.28. The third-order valence-corrected chi connectivity index (χ3v) is 7.83. The van der Waals surface area contributed by atoms with Crippen LogP contribution in [0.4, 0.5) is 5.82 Å². The van der Waals surface area contributed by atoms with E-state index < -0.39 is 0 Å². The maximum Gasteiger partial charge on any atom is 0.234 e. The predicted octanol–water partition coefficient (Wildman–Crippen LogP) is 3.69. The molecule has 218 valence electrons. The molecule has 0 radical (unpaired) electrons. The summed E-state index contributed by atoms with van der Waals surface area (Å²) in [5.74, 6) is 3.01. The van der Waals surface area contributed by atoms with Crippen molar-refractivity contribution in [2.45, 2.75) is 77.8 Å². The van der Waals surface area contributed by atoms with Crippen molar-refractivity contribution in [3.05, 3.63) is 46.9 Å². The maximum atomic E-state index is 13.2. The smallest absolute Gasteiger partial charge is 0.234 e. The topological polar surface area (TPSA) is 90.9 Å². The van der Waals surface area contributed by atoms with Crippen LogP contribution in [0.25, 0.3) is 0 Å². The van der Waals surface area contributed by atoms with Gasteiger partial charge in [-0.3, -0.25) is 14.5 Å². The Morgan fingerprint density at radius 1 is 1.15 bits per heavy atom. The molecule has 2 aliphatic rings. The van der Waals surface area contributed by atoms with Crippen LogP contribution in [0.3, 0.4) is 0 Å². The van der Waals surface area contributed by atoms with Gasteiger partial charge in [0.15, 0.2) is 0 Å². The van der Waals surface area contributed by atoms with Crippen molar-refractivity contribution < 1.29 is 14.3 Å². The number of ether oxygens (including phenoxy) is 1. The number of nitrogens with zero attached hydrogens (tertiary/aromatic N) is 5. The SMILES string of the molecule is Cc1cc(N(C)C)nc(C2CCN(C(=O)CCc3ccc4c(c3)CN(C(C)C)CC(=O)NCCCCCO4)C2)n1. The standard InChI is InChI=1S/C31H46N6O3/c1-22(2)37-20-26-18-24(9-11-27(26)40-16-8-6-7-14-32-29(38)21-37)10-12-30(39)36-15-13-25(19-36)31-33-23(3)17-28(34-31)35(4)5/h9,11,17-18,22,25H,6-8,10,12-16,19-21H2,1-5H3,(H,32,38). The summed E-state index contributed by atoms with van der Waals surface area (Å²) in [5.41, 5.74) is 3.13. The molecule has 0 bridgehead atoms. The van der Waals surface area contributed by atoms with Crippen LogP contribution in [0.15, 0.2) is 24.3 Å². The Morgan fingerprint density at radius 3 is 2.75 bits per heavy atom. The number of hydrogen-bond donors (Lipinski definition) is 1. The largest absolute Gasteiger partial charge is 0.493 e. The third-order valence-electron chi connectivity index (χ3n) is 7.83. The number of carbonyl (C=O) groups excluding carboxylic acids is 2. The molecule has 1 fully saturated rings. The van der Waals surface area contributed by atoms with Crippen LogP contribution in [0.5, 0.6) is 5.75 Å². The minimum atomic E-state index is 0.0649. The molecule has 3 heterocycles. The monoisotopic (exact) mass is 550 g/mol. The summed E-state index contributed by atoms with van der Waals surface area (Å²) < 4.78 is 6.18. The molecule has 9 heteroatoms. The second-order valence-corrected chi connectivity index (χ2v) is 11.6. The summed E-state index contributed by atoms with van der Waals surface area (Å²) in [5, 5.41) is 3.05. The molecule has 1 aromatic carbocycles. The van der Waals surface area contributed by atoms with E-state index in [9.17, 15) is 9.59 Å². The molecule has 0 aliphatic carbocycles. The van der Waals surface area contributed by atoms with Crippen LogP contribution >= 0.6 is 0 Å². The van der Waals surface area contributed by atoms with Crippen molar-refractivity contribution in [3.63, 3.8) is 0 Å². The average Bonchev–Trinajstić information content (AvgIpc) is 3.42. The fraction of sp³-hybridized carbons (Fsp3) is 0.613. The molecule has 4 rings (SSSR count). The molecule has 1 atom stereocenters. The van der Waals surface area contributed by atoms with E-state index in [0.29, 0.717) is 45.6 Å². The van der Waals surface area contributed by atoms with Crippen LogP contribution in [-0.2, 0) is 22.6 Å². The third kappa shape index (κ3) is 8.16. The maximum absolute atomic E-state index is 13.2. The van der Waals surface area contributed by atoms with Gasteiger partial charge in [-0.25, -0.2) is 9.97 Å². The van der Waals surface area contributed by atoms with Gasteiger partial charge in [0.05, 0.1) is 13.2 Å². The zero-order valence-electron chi connectivity index (χ0n) is 24.9. The molecule has 0 saturated carbocycles. The van der Waals surface area contributed by atoms with Gasteiger partial charge in [0.25, 0.3) is 0 Å². The lowest BCUT2D eigenvalue weighted by Gasteiger charge is -2.27. The first-order valence-electron chi connectivity index (χ1n) is 14.8. The van der Waals surface area contributed by atoms with Crippen LogP contribution in [-0.4, -0.2) is 84.5 Å². The summed E-state index contributed by atoms with van der Waals surface area (Å²) in [6.07, 6.45) is 4.95. The normalized spacial score (nSPS) is 19.2. The molecule has 1 N–H and O–H groups in total. The zero-order chi connectivity index (χ0) is 28.6. The van der Waals surface area contributed by atoms with Gasteiger partial charge in [-0.2, -0.15) is 0 Å². The van der Waals surface area contributed by atoms with Gasteiger partial charge >= 0.3 is 0 Å². The zero-order valence-corrected chi connectivity index (χ0v) is 24.9. The van der Waals surface area contributed by atoms with Crippen LogP contribution < -0.4 is 15.0 Å². The second kappa shape index (κ2) is 13.9. The van der Waals surface area contributed by atoms with Gasteiger partial charge in [-0.1, -0.05) is 12.1 Å². The van der Waals surface area contributed by atoms with E-state index in [-0.39, 0.29) is 23.8 Å². The second-order valence-electron chi connectivity index (χ2n) is 11.6. The van der Waals surface area contributed by atoms with E-state index in [1.54, 1.807) is 0 Å². The number of aryl methyl sites for hydroxylation is 2. The summed E-state index contributed by atoms with van der Waals surface area (Å²) >= 11 is 0. The Balaban J connectivity index is 1.40. The van der Waals surface area contributed by atoms with E-state index in [4.69, 9.17) is 9.72 Å². The number of rotatable bonds is 6. The summed E-state index contributed by atoms with van der Waals surface area (Å²) in [4.78, 5) is 41.3. The van der Waals surface area contributed by atoms with Crippen molar-refractivity contribution in [2.24, 2.45) is 0 Å². The molecule has 1 aromatic heterocycles. The van der Waals surface area contributed by atoms with E-state index in [2.05, 4.69) is 41.2 Å². The number of likely N-dealkylation sites (tertiary alicyclic amines) is 1. The molecular weight excluding hydrogens is 504 g/mol. The number of nitrogens with one attached hydrogen (secondary N) is 1. The highest BCUT2D eigenvalue weighted by atomic mass is 16.5. The van der Waals surface area contributed by atoms with E-state index in [0.717, 1.165) is 66.4 Å². The van der Waals surface area contributed by atoms with Gasteiger partial charge in [-0.05, 0) is 64.5 Å². The van der Waals surface area contributed by atoms with Crippen molar-refractivity contribution in [2.75, 3.05) is 51.8 Å². The van der Waals surface area contributed by atoms with Gasteiger partial charge in [-0.15, -0.1) is 0 Å². The molecule has 2 aromatic rings. The average molecular weight is 551 g/mol. The number of aromatic nitrogens is 2. The lowest BCUT2D eigenvalue weighted by Crippen LogP contribution is -2.40.